The molecule has 0 spiro atoms. The van der Waals surface area contributed by atoms with Crippen LogP contribution in [0, 0.1) is 5.92 Å². The summed E-state index contributed by atoms with van der Waals surface area (Å²) in [6.45, 7) is 2.57. The van der Waals surface area contributed by atoms with Gasteiger partial charge in [0.15, 0.2) is 0 Å². The van der Waals surface area contributed by atoms with Crippen LogP contribution in [-0.2, 0) is 6.42 Å². The fourth-order valence-corrected chi connectivity index (χ4v) is 4.69. The van der Waals surface area contributed by atoms with Gasteiger partial charge in [-0.15, -0.1) is 0 Å². The summed E-state index contributed by atoms with van der Waals surface area (Å²) in [5.74, 6) is 1.89. The predicted octanol–water partition coefficient (Wildman–Crippen LogP) is 5.33. The fourth-order valence-electron chi connectivity index (χ4n) is 4.69. The average molecular weight is 350 g/mol. The molecule has 1 heterocycles. The van der Waals surface area contributed by atoms with E-state index >= 15 is 0 Å². The predicted molar refractivity (Wildman–Crippen MR) is 108 cm³/mol. The van der Waals surface area contributed by atoms with E-state index in [1.807, 2.05) is 6.07 Å². The number of piperidine rings is 1. The van der Waals surface area contributed by atoms with Gasteiger partial charge in [-0.3, -0.25) is 0 Å². The van der Waals surface area contributed by atoms with Crippen molar-refractivity contribution in [3.63, 3.8) is 0 Å². The number of hydrogen-bond donors (Lipinski definition) is 0. The van der Waals surface area contributed by atoms with E-state index < -0.39 is 0 Å². The molecule has 1 aliphatic heterocycles. The van der Waals surface area contributed by atoms with Crippen LogP contribution in [0.5, 0.6) is 5.75 Å². The minimum atomic E-state index is 0.407. The van der Waals surface area contributed by atoms with E-state index in [1.54, 1.807) is 0 Å². The van der Waals surface area contributed by atoms with Crippen molar-refractivity contribution < 1.29 is 4.74 Å². The second kappa shape index (κ2) is 8.73. The Balaban J connectivity index is 1.20. The summed E-state index contributed by atoms with van der Waals surface area (Å²) in [6.07, 6.45) is 9.36. The molecule has 0 aromatic heterocycles. The Labute approximate surface area is 158 Å². The van der Waals surface area contributed by atoms with Gasteiger partial charge in [-0.25, -0.2) is 0 Å². The van der Waals surface area contributed by atoms with Crippen LogP contribution in [-0.4, -0.2) is 30.1 Å². The molecular weight excluding hydrogens is 318 g/mol. The number of ether oxygens (including phenoxy) is 1. The Morgan fingerprint density at radius 1 is 0.731 bits per heavy atom. The zero-order valence-corrected chi connectivity index (χ0v) is 15.7. The topological polar surface area (TPSA) is 12.5 Å². The third-order valence-corrected chi connectivity index (χ3v) is 6.22. The smallest absolute Gasteiger partial charge is 0.119 e. The number of hydrogen-bond acceptors (Lipinski definition) is 2. The Kier molecular flexibility index (Phi) is 5.91. The first-order valence-corrected chi connectivity index (χ1v) is 10.4. The Morgan fingerprint density at radius 3 is 2.00 bits per heavy atom. The van der Waals surface area contributed by atoms with Gasteiger partial charge in [-0.05, 0) is 81.6 Å². The zero-order valence-electron chi connectivity index (χ0n) is 15.7. The Bertz CT molecular complexity index is 581. The molecule has 0 unspecified atom stereocenters. The maximum Gasteiger partial charge on any atom is 0.119 e. The molecule has 1 saturated heterocycles. The molecule has 0 N–H and O–H groups in total. The van der Waals surface area contributed by atoms with Gasteiger partial charge in [0.05, 0.1) is 6.10 Å². The van der Waals surface area contributed by atoms with Crippen molar-refractivity contribution in [1.29, 1.82) is 0 Å². The summed E-state index contributed by atoms with van der Waals surface area (Å²) in [6, 6.07) is 22.1. The lowest BCUT2D eigenvalue weighted by Crippen LogP contribution is -2.44. The standard InChI is InChI=1S/C24H31NO/c1-3-7-20(8-4-1)19-21-15-17-25(18-16-21)22-11-13-24(14-12-22)26-23-9-5-2-6-10-23/h1-10,21-22,24H,11-19H2. The third kappa shape index (κ3) is 4.67. The van der Waals surface area contributed by atoms with Crippen LogP contribution in [0.25, 0.3) is 0 Å². The molecule has 2 aliphatic rings. The van der Waals surface area contributed by atoms with E-state index in [0.29, 0.717) is 6.10 Å². The molecule has 0 bridgehead atoms. The van der Waals surface area contributed by atoms with Gasteiger partial charge in [0.25, 0.3) is 0 Å². The van der Waals surface area contributed by atoms with Gasteiger partial charge in [0.1, 0.15) is 5.75 Å². The van der Waals surface area contributed by atoms with Crippen molar-refractivity contribution in [3.8, 4) is 5.75 Å². The number of nitrogens with zero attached hydrogens (tertiary/aromatic N) is 1. The van der Waals surface area contributed by atoms with Crippen molar-refractivity contribution in [3.05, 3.63) is 66.2 Å². The van der Waals surface area contributed by atoms with E-state index in [9.17, 15) is 0 Å². The number of rotatable bonds is 5. The molecule has 1 aliphatic carbocycles. The van der Waals surface area contributed by atoms with Crippen molar-refractivity contribution in [2.45, 2.75) is 57.1 Å². The van der Waals surface area contributed by atoms with Crippen molar-refractivity contribution in [1.82, 2.24) is 4.90 Å². The van der Waals surface area contributed by atoms with Crippen LogP contribution in [0.15, 0.2) is 60.7 Å². The van der Waals surface area contributed by atoms with Gasteiger partial charge in [0, 0.05) is 6.04 Å². The molecule has 0 amide bonds. The Hall–Kier alpha value is -1.80. The maximum absolute atomic E-state index is 6.16. The van der Waals surface area contributed by atoms with Crippen molar-refractivity contribution >= 4 is 0 Å². The van der Waals surface area contributed by atoms with Crippen LogP contribution < -0.4 is 4.74 Å². The van der Waals surface area contributed by atoms with Crippen molar-refractivity contribution in [2.24, 2.45) is 5.92 Å². The molecule has 2 heteroatoms. The van der Waals surface area contributed by atoms with Gasteiger partial charge >= 0.3 is 0 Å². The highest BCUT2D eigenvalue weighted by atomic mass is 16.5. The summed E-state index contributed by atoms with van der Waals surface area (Å²) in [5, 5.41) is 0. The lowest BCUT2D eigenvalue weighted by atomic mass is 9.86. The lowest BCUT2D eigenvalue weighted by Gasteiger charge is -2.40. The summed E-state index contributed by atoms with van der Waals surface area (Å²) in [5.41, 5.74) is 1.50. The number of likely N-dealkylation sites (tertiary alicyclic amines) is 1. The molecule has 0 radical (unpaired) electrons. The van der Waals surface area contributed by atoms with E-state index in [2.05, 4.69) is 59.5 Å². The van der Waals surface area contributed by atoms with E-state index in [0.717, 1.165) is 17.7 Å². The summed E-state index contributed by atoms with van der Waals surface area (Å²) >= 11 is 0. The molecule has 1 saturated carbocycles. The summed E-state index contributed by atoms with van der Waals surface area (Å²) in [4.78, 5) is 2.76. The highest BCUT2D eigenvalue weighted by molar-refractivity contribution is 5.21. The molecule has 0 atom stereocenters. The molecule has 26 heavy (non-hydrogen) atoms. The minimum Gasteiger partial charge on any atom is -0.490 e. The molecule has 2 nitrogen and oxygen atoms in total. The minimum absolute atomic E-state index is 0.407. The van der Waals surface area contributed by atoms with Gasteiger partial charge < -0.3 is 9.64 Å². The third-order valence-electron chi connectivity index (χ3n) is 6.22. The first-order chi connectivity index (χ1) is 12.9. The second-order valence-electron chi connectivity index (χ2n) is 8.03. The SMILES string of the molecule is c1ccc(CC2CCN(C3CCC(Oc4ccccc4)CC3)CC2)cc1. The zero-order chi connectivity index (χ0) is 17.6. The van der Waals surface area contributed by atoms with Gasteiger partial charge in [-0.1, -0.05) is 48.5 Å². The average Bonchev–Trinajstić information content (AvgIpc) is 2.71. The van der Waals surface area contributed by atoms with Gasteiger partial charge in [0.2, 0.25) is 0 Å². The van der Waals surface area contributed by atoms with E-state index in [4.69, 9.17) is 4.74 Å². The van der Waals surface area contributed by atoms with Crippen LogP contribution >= 0.6 is 0 Å². The molecule has 2 aromatic rings. The first-order valence-electron chi connectivity index (χ1n) is 10.4. The number of para-hydroxylation sites is 1. The summed E-state index contributed by atoms with van der Waals surface area (Å²) in [7, 11) is 0. The van der Waals surface area contributed by atoms with Crippen LogP contribution in [0.3, 0.4) is 0 Å². The second-order valence-corrected chi connectivity index (χ2v) is 8.03. The first kappa shape index (κ1) is 17.6. The van der Waals surface area contributed by atoms with E-state index in [1.165, 1.54) is 63.6 Å². The Morgan fingerprint density at radius 2 is 1.35 bits per heavy atom. The van der Waals surface area contributed by atoms with E-state index in [-0.39, 0.29) is 0 Å². The fraction of sp³-hybridized carbons (Fsp3) is 0.500. The highest BCUT2D eigenvalue weighted by Crippen LogP contribution is 2.30. The van der Waals surface area contributed by atoms with Crippen LogP contribution in [0.1, 0.15) is 44.1 Å². The highest BCUT2D eigenvalue weighted by Gasteiger charge is 2.29. The molecule has 138 valence electrons. The number of benzene rings is 2. The normalized spacial score (nSPS) is 25.1. The molecule has 4 rings (SSSR count). The van der Waals surface area contributed by atoms with Crippen LogP contribution in [0.2, 0.25) is 0 Å². The molecular formula is C24H31NO. The van der Waals surface area contributed by atoms with Crippen LogP contribution in [0.4, 0.5) is 0 Å². The molecule has 2 fully saturated rings. The molecule has 2 aromatic carbocycles. The lowest BCUT2D eigenvalue weighted by molar-refractivity contribution is 0.0660. The largest absolute Gasteiger partial charge is 0.490 e. The maximum atomic E-state index is 6.16. The summed E-state index contributed by atoms with van der Waals surface area (Å²) < 4.78 is 6.16. The van der Waals surface area contributed by atoms with Gasteiger partial charge in [-0.2, -0.15) is 0 Å². The quantitative estimate of drug-likeness (QED) is 0.723. The monoisotopic (exact) mass is 349 g/mol. The van der Waals surface area contributed by atoms with Crippen molar-refractivity contribution in [2.75, 3.05) is 13.1 Å².